The molecule has 1 amide bonds. The van der Waals surface area contributed by atoms with Crippen molar-refractivity contribution in [2.45, 2.75) is 44.4 Å². The van der Waals surface area contributed by atoms with Crippen molar-refractivity contribution >= 4 is 5.91 Å². The van der Waals surface area contributed by atoms with Crippen molar-refractivity contribution in [3.05, 3.63) is 23.8 Å². The predicted octanol–water partition coefficient (Wildman–Crippen LogP) is -0.211. The van der Waals surface area contributed by atoms with Gasteiger partial charge in [-0.3, -0.25) is 4.79 Å². The van der Waals surface area contributed by atoms with Gasteiger partial charge in [0.25, 0.3) is 5.91 Å². The Balaban J connectivity index is 2.03. The van der Waals surface area contributed by atoms with Crippen LogP contribution >= 0.6 is 0 Å². The maximum absolute atomic E-state index is 11.9. The smallest absolute Gasteiger partial charge is 0.270 e. The van der Waals surface area contributed by atoms with Crippen molar-refractivity contribution in [2.75, 3.05) is 0 Å². The second-order valence-electron chi connectivity index (χ2n) is 4.56. The maximum Gasteiger partial charge on any atom is 0.270 e. The SMILES string of the molecule is Cc1nccc(C(=O)N[C@@H]2CCC[C@@H](O)[C@@H]2O)n1. The van der Waals surface area contributed by atoms with Gasteiger partial charge in [-0.05, 0) is 32.3 Å². The molecule has 1 aromatic rings. The first-order valence-corrected chi connectivity index (χ1v) is 6.04. The van der Waals surface area contributed by atoms with E-state index in [1.54, 1.807) is 6.92 Å². The van der Waals surface area contributed by atoms with Gasteiger partial charge in [0, 0.05) is 6.20 Å². The lowest BCUT2D eigenvalue weighted by atomic mass is 9.90. The monoisotopic (exact) mass is 251 g/mol. The Bertz CT molecular complexity index is 438. The largest absolute Gasteiger partial charge is 0.390 e. The van der Waals surface area contributed by atoms with Crippen LogP contribution in [-0.4, -0.2) is 44.3 Å². The highest BCUT2D eigenvalue weighted by atomic mass is 16.3. The molecule has 1 aliphatic rings. The summed E-state index contributed by atoms with van der Waals surface area (Å²) in [4.78, 5) is 19.9. The van der Waals surface area contributed by atoms with E-state index in [-0.39, 0.29) is 11.6 Å². The van der Waals surface area contributed by atoms with Crippen molar-refractivity contribution in [2.24, 2.45) is 0 Å². The highest BCUT2D eigenvalue weighted by molar-refractivity contribution is 5.92. The standard InChI is InChI=1S/C12H17N3O3/c1-7-13-6-5-9(14-7)12(18)15-8-3-2-4-10(16)11(8)17/h5-6,8,10-11,16-17H,2-4H2,1H3,(H,15,18)/t8-,10-,11-/m1/s1. The summed E-state index contributed by atoms with van der Waals surface area (Å²) < 4.78 is 0. The number of hydrogen-bond donors (Lipinski definition) is 3. The third-order valence-corrected chi connectivity index (χ3v) is 3.15. The number of carbonyl (C=O) groups excluding carboxylic acids is 1. The number of aromatic nitrogens is 2. The molecule has 1 aliphatic carbocycles. The van der Waals surface area contributed by atoms with Gasteiger partial charge in [-0.25, -0.2) is 9.97 Å². The fraction of sp³-hybridized carbons (Fsp3) is 0.583. The number of hydrogen-bond acceptors (Lipinski definition) is 5. The molecule has 6 nitrogen and oxygen atoms in total. The fourth-order valence-corrected chi connectivity index (χ4v) is 2.14. The van der Waals surface area contributed by atoms with Crippen molar-refractivity contribution in [3.63, 3.8) is 0 Å². The Morgan fingerprint density at radius 3 is 2.94 bits per heavy atom. The average molecular weight is 251 g/mol. The molecule has 0 aliphatic heterocycles. The minimum absolute atomic E-state index is 0.273. The van der Waals surface area contributed by atoms with Crippen molar-refractivity contribution < 1.29 is 15.0 Å². The number of carbonyl (C=O) groups is 1. The van der Waals surface area contributed by atoms with E-state index in [4.69, 9.17) is 0 Å². The summed E-state index contributed by atoms with van der Waals surface area (Å²) in [5.74, 6) is 0.172. The minimum Gasteiger partial charge on any atom is -0.390 e. The van der Waals surface area contributed by atoms with Crippen LogP contribution in [0, 0.1) is 6.92 Å². The van der Waals surface area contributed by atoms with Crippen LogP contribution in [0.4, 0.5) is 0 Å². The number of aliphatic hydroxyl groups is 2. The Labute approximate surface area is 105 Å². The van der Waals surface area contributed by atoms with Gasteiger partial charge in [-0.1, -0.05) is 0 Å². The number of nitrogens with one attached hydrogen (secondary N) is 1. The molecule has 3 N–H and O–H groups in total. The van der Waals surface area contributed by atoms with Crippen LogP contribution in [-0.2, 0) is 0 Å². The van der Waals surface area contributed by atoms with E-state index in [2.05, 4.69) is 15.3 Å². The van der Waals surface area contributed by atoms with E-state index in [1.165, 1.54) is 12.3 Å². The molecule has 0 unspecified atom stereocenters. The van der Waals surface area contributed by atoms with Crippen molar-refractivity contribution in [3.8, 4) is 0 Å². The van der Waals surface area contributed by atoms with Gasteiger partial charge in [0.05, 0.1) is 18.2 Å². The van der Waals surface area contributed by atoms with Crippen LogP contribution in [0.3, 0.4) is 0 Å². The molecule has 1 aromatic heterocycles. The molecule has 0 spiro atoms. The van der Waals surface area contributed by atoms with E-state index < -0.39 is 18.2 Å². The first-order valence-electron chi connectivity index (χ1n) is 6.04. The average Bonchev–Trinajstić information content (AvgIpc) is 2.35. The highest BCUT2D eigenvalue weighted by Gasteiger charge is 2.31. The summed E-state index contributed by atoms with van der Waals surface area (Å²) in [6.45, 7) is 1.70. The lowest BCUT2D eigenvalue weighted by Crippen LogP contribution is -2.51. The van der Waals surface area contributed by atoms with E-state index in [0.717, 1.165) is 6.42 Å². The summed E-state index contributed by atoms with van der Waals surface area (Å²) in [7, 11) is 0. The topological polar surface area (TPSA) is 95.3 Å². The van der Waals surface area contributed by atoms with Crippen molar-refractivity contribution in [1.29, 1.82) is 0 Å². The summed E-state index contributed by atoms with van der Waals surface area (Å²) >= 11 is 0. The van der Waals surface area contributed by atoms with E-state index in [0.29, 0.717) is 18.7 Å². The third kappa shape index (κ3) is 2.83. The third-order valence-electron chi connectivity index (χ3n) is 3.15. The summed E-state index contributed by atoms with van der Waals surface area (Å²) in [5, 5.41) is 22.0. The molecule has 1 fully saturated rings. The molecule has 3 atom stereocenters. The number of aliphatic hydroxyl groups excluding tert-OH is 2. The Hall–Kier alpha value is -1.53. The van der Waals surface area contributed by atoms with Crippen LogP contribution in [0.15, 0.2) is 12.3 Å². The second kappa shape index (κ2) is 5.41. The van der Waals surface area contributed by atoms with Crippen molar-refractivity contribution in [1.82, 2.24) is 15.3 Å². The normalized spacial score (nSPS) is 27.8. The van der Waals surface area contributed by atoms with Crippen LogP contribution in [0.1, 0.15) is 35.6 Å². The molecule has 18 heavy (non-hydrogen) atoms. The van der Waals surface area contributed by atoms with E-state index in [9.17, 15) is 15.0 Å². The predicted molar refractivity (Wildman–Crippen MR) is 63.9 cm³/mol. The lowest BCUT2D eigenvalue weighted by Gasteiger charge is -2.32. The van der Waals surface area contributed by atoms with Crippen LogP contribution < -0.4 is 5.32 Å². The Morgan fingerprint density at radius 1 is 1.44 bits per heavy atom. The van der Waals surface area contributed by atoms with Crippen LogP contribution in [0.2, 0.25) is 0 Å². The molecule has 0 aromatic carbocycles. The van der Waals surface area contributed by atoms with E-state index >= 15 is 0 Å². The first kappa shape index (κ1) is 12.9. The molecule has 0 saturated heterocycles. The molecule has 0 radical (unpaired) electrons. The Kier molecular flexibility index (Phi) is 3.88. The van der Waals surface area contributed by atoms with Crippen LogP contribution in [0.5, 0.6) is 0 Å². The van der Waals surface area contributed by atoms with Gasteiger partial charge in [0.1, 0.15) is 11.5 Å². The van der Waals surface area contributed by atoms with Gasteiger partial charge in [-0.15, -0.1) is 0 Å². The van der Waals surface area contributed by atoms with Crippen LogP contribution in [0.25, 0.3) is 0 Å². The minimum atomic E-state index is -0.911. The molecule has 6 heteroatoms. The molecular weight excluding hydrogens is 234 g/mol. The number of aryl methyl sites for hydroxylation is 1. The van der Waals surface area contributed by atoms with Gasteiger partial charge in [0.15, 0.2) is 0 Å². The molecule has 0 bridgehead atoms. The molecule has 1 heterocycles. The van der Waals surface area contributed by atoms with Gasteiger partial charge >= 0.3 is 0 Å². The Morgan fingerprint density at radius 2 is 2.22 bits per heavy atom. The first-order chi connectivity index (χ1) is 8.58. The molecule has 1 saturated carbocycles. The molecule has 2 rings (SSSR count). The zero-order chi connectivity index (χ0) is 13.1. The summed E-state index contributed by atoms with van der Waals surface area (Å²) in [5.41, 5.74) is 0.273. The van der Waals surface area contributed by atoms with E-state index in [1.807, 2.05) is 0 Å². The number of amides is 1. The zero-order valence-electron chi connectivity index (χ0n) is 10.2. The number of rotatable bonds is 2. The quantitative estimate of drug-likeness (QED) is 0.676. The summed E-state index contributed by atoms with van der Waals surface area (Å²) in [6, 6.07) is 1.10. The van der Waals surface area contributed by atoms with Gasteiger partial charge in [0.2, 0.25) is 0 Å². The van der Waals surface area contributed by atoms with Gasteiger partial charge in [-0.2, -0.15) is 0 Å². The molecule has 98 valence electrons. The molecular formula is C12H17N3O3. The second-order valence-corrected chi connectivity index (χ2v) is 4.56. The number of nitrogens with zero attached hydrogens (tertiary/aromatic N) is 2. The lowest BCUT2D eigenvalue weighted by molar-refractivity contribution is -0.0278. The maximum atomic E-state index is 11.9. The zero-order valence-corrected chi connectivity index (χ0v) is 10.2. The fourth-order valence-electron chi connectivity index (χ4n) is 2.14. The highest BCUT2D eigenvalue weighted by Crippen LogP contribution is 2.19. The van der Waals surface area contributed by atoms with Gasteiger partial charge < -0.3 is 15.5 Å². The summed E-state index contributed by atoms with van der Waals surface area (Å²) in [6.07, 6.45) is 1.85.